The average Bonchev–Trinajstić information content (AvgIpc) is 2.79. The Morgan fingerprint density at radius 2 is 1.67 bits per heavy atom. The normalized spacial score (nSPS) is 15.6. The number of para-hydroxylation sites is 1. The number of piperazine rings is 1. The van der Waals surface area contributed by atoms with E-state index in [4.69, 9.17) is 0 Å². The van der Waals surface area contributed by atoms with Crippen LogP contribution in [0.4, 0.5) is 11.4 Å². The van der Waals surface area contributed by atoms with Crippen LogP contribution in [0, 0.1) is 0 Å². The summed E-state index contributed by atoms with van der Waals surface area (Å²) in [6.45, 7) is 6.75. The smallest absolute Gasteiger partial charge is 0.220 e. The maximum atomic E-state index is 12.3. The Labute approximate surface area is 181 Å². The Kier molecular flexibility index (Phi) is 8.14. The molecule has 162 valence electrons. The second-order valence-corrected chi connectivity index (χ2v) is 8.27. The van der Waals surface area contributed by atoms with Gasteiger partial charge in [0, 0.05) is 64.6 Å². The van der Waals surface area contributed by atoms with Gasteiger partial charge in [0.15, 0.2) is 0 Å². The molecule has 2 aromatic rings. The van der Waals surface area contributed by atoms with E-state index < -0.39 is 0 Å². The van der Waals surface area contributed by atoms with E-state index >= 15 is 0 Å². The number of carbonyl (C=O) groups excluding carboxylic acids is 1. The first-order chi connectivity index (χ1) is 14.6. The summed E-state index contributed by atoms with van der Waals surface area (Å²) in [5.41, 5.74) is 3.75. The molecule has 30 heavy (non-hydrogen) atoms. The van der Waals surface area contributed by atoms with Crippen LogP contribution >= 0.6 is 0 Å². The largest absolute Gasteiger partial charge is 0.378 e. The molecule has 0 unspecified atom stereocenters. The van der Waals surface area contributed by atoms with E-state index in [1.165, 1.54) is 16.9 Å². The topological polar surface area (TPSA) is 38.8 Å². The second kappa shape index (κ2) is 11.0. The Morgan fingerprint density at radius 3 is 2.27 bits per heavy atom. The molecule has 0 aliphatic carbocycles. The summed E-state index contributed by atoms with van der Waals surface area (Å²) in [4.78, 5) is 19.3. The Balaban J connectivity index is 1.68. The van der Waals surface area contributed by atoms with Gasteiger partial charge < -0.3 is 15.1 Å². The molecule has 0 aromatic heterocycles. The van der Waals surface area contributed by atoms with Gasteiger partial charge in [0.1, 0.15) is 0 Å². The Bertz CT molecular complexity index is 767. The summed E-state index contributed by atoms with van der Waals surface area (Å²) in [5, 5.41) is 3.19. The van der Waals surface area contributed by atoms with E-state index in [1.807, 2.05) is 0 Å². The van der Waals surface area contributed by atoms with Crippen molar-refractivity contribution in [3.05, 3.63) is 60.2 Å². The minimum atomic E-state index is 0.162. The molecular weight excluding hydrogens is 372 g/mol. The lowest BCUT2D eigenvalue weighted by Crippen LogP contribution is -2.49. The third kappa shape index (κ3) is 5.99. The molecule has 0 spiro atoms. The standard InChI is InChI=1S/C25H36N4O/c1-4-5-11-25(30)26-20-24(21-12-14-22(15-13-21)27(2)3)29-18-16-28(17-19-29)23-9-7-6-8-10-23/h6-10,12-15,24H,4-5,11,16-20H2,1-3H3,(H,26,30)/t24-/m0/s1. The molecule has 5 heteroatoms. The van der Waals surface area contributed by atoms with Crippen molar-refractivity contribution in [2.24, 2.45) is 0 Å². The van der Waals surface area contributed by atoms with Gasteiger partial charge in [-0.3, -0.25) is 9.69 Å². The van der Waals surface area contributed by atoms with Crippen molar-refractivity contribution in [3.63, 3.8) is 0 Å². The summed E-state index contributed by atoms with van der Waals surface area (Å²) < 4.78 is 0. The zero-order valence-corrected chi connectivity index (χ0v) is 18.7. The summed E-state index contributed by atoms with van der Waals surface area (Å²) in [6, 6.07) is 19.6. The maximum Gasteiger partial charge on any atom is 0.220 e. The molecule has 1 N–H and O–H groups in total. The predicted octanol–water partition coefficient (Wildman–Crippen LogP) is 3.92. The molecule has 0 radical (unpaired) electrons. The number of unbranched alkanes of at least 4 members (excludes halogenated alkanes) is 1. The zero-order chi connectivity index (χ0) is 21.3. The number of carbonyl (C=O) groups is 1. The predicted molar refractivity (Wildman–Crippen MR) is 126 cm³/mol. The maximum absolute atomic E-state index is 12.3. The summed E-state index contributed by atoms with van der Waals surface area (Å²) in [5.74, 6) is 0.162. The van der Waals surface area contributed by atoms with Crippen molar-refractivity contribution in [2.45, 2.75) is 32.2 Å². The van der Waals surface area contributed by atoms with Crippen molar-refractivity contribution in [1.82, 2.24) is 10.2 Å². The molecule has 5 nitrogen and oxygen atoms in total. The molecule has 0 saturated carbocycles. The number of benzene rings is 2. The van der Waals surface area contributed by atoms with Crippen molar-refractivity contribution in [1.29, 1.82) is 0 Å². The van der Waals surface area contributed by atoms with Gasteiger partial charge in [-0.15, -0.1) is 0 Å². The van der Waals surface area contributed by atoms with Crippen LogP contribution in [0.1, 0.15) is 37.8 Å². The third-order valence-corrected chi connectivity index (χ3v) is 5.92. The molecule has 1 heterocycles. The first kappa shape index (κ1) is 22.2. The van der Waals surface area contributed by atoms with E-state index in [2.05, 4.69) is 95.6 Å². The van der Waals surface area contributed by atoms with E-state index in [0.29, 0.717) is 13.0 Å². The van der Waals surface area contributed by atoms with Crippen molar-refractivity contribution in [2.75, 3.05) is 56.6 Å². The minimum absolute atomic E-state index is 0.162. The summed E-state index contributed by atoms with van der Waals surface area (Å²) in [6.07, 6.45) is 2.61. The number of rotatable bonds is 9. The molecular formula is C25H36N4O. The zero-order valence-electron chi connectivity index (χ0n) is 18.7. The van der Waals surface area contributed by atoms with E-state index in [0.717, 1.165) is 39.0 Å². The van der Waals surface area contributed by atoms with Gasteiger partial charge in [-0.25, -0.2) is 0 Å². The van der Waals surface area contributed by atoms with E-state index in [1.54, 1.807) is 0 Å². The fourth-order valence-corrected chi connectivity index (χ4v) is 4.02. The van der Waals surface area contributed by atoms with Crippen LogP contribution in [-0.4, -0.2) is 57.6 Å². The van der Waals surface area contributed by atoms with Crippen LogP contribution in [0.2, 0.25) is 0 Å². The number of hydrogen-bond acceptors (Lipinski definition) is 4. The van der Waals surface area contributed by atoms with Crippen LogP contribution in [0.5, 0.6) is 0 Å². The monoisotopic (exact) mass is 408 g/mol. The number of hydrogen-bond donors (Lipinski definition) is 1. The highest BCUT2D eigenvalue weighted by atomic mass is 16.1. The van der Waals surface area contributed by atoms with Gasteiger partial charge >= 0.3 is 0 Å². The molecule has 3 rings (SSSR count). The minimum Gasteiger partial charge on any atom is -0.378 e. The van der Waals surface area contributed by atoms with Crippen molar-refractivity contribution >= 4 is 17.3 Å². The molecule has 1 fully saturated rings. The first-order valence-electron chi connectivity index (χ1n) is 11.2. The third-order valence-electron chi connectivity index (χ3n) is 5.92. The quantitative estimate of drug-likeness (QED) is 0.683. The molecule has 0 bridgehead atoms. The van der Waals surface area contributed by atoms with E-state index in [-0.39, 0.29) is 11.9 Å². The van der Waals surface area contributed by atoms with Crippen LogP contribution in [-0.2, 0) is 4.79 Å². The van der Waals surface area contributed by atoms with Crippen molar-refractivity contribution < 1.29 is 4.79 Å². The van der Waals surface area contributed by atoms with Gasteiger partial charge in [-0.2, -0.15) is 0 Å². The lowest BCUT2D eigenvalue weighted by atomic mass is 10.0. The summed E-state index contributed by atoms with van der Waals surface area (Å²) >= 11 is 0. The SMILES string of the molecule is CCCCC(=O)NC[C@@H](c1ccc(N(C)C)cc1)N1CCN(c2ccccc2)CC1. The van der Waals surface area contributed by atoms with Crippen LogP contribution in [0.15, 0.2) is 54.6 Å². The second-order valence-electron chi connectivity index (χ2n) is 8.27. The average molecular weight is 409 g/mol. The van der Waals surface area contributed by atoms with Crippen molar-refractivity contribution in [3.8, 4) is 0 Å². The fraction of sp³-hybridized carbons (Fsp3) is 0.480. The van der Waals surface area contributed by atoms with E-state index in [9.17, 15) is 4.79 Å². The Morgan fingerprint density at radius 1 is 1.00 bits per heavy atom. The summed E-state index contributed by atoms with van der Waals surface area (Å²) in [7, 11) is 4.12. The van der Waals surface area contributed by atoms with Gasteiger partial charge in [0.2, 0.25) is 5.91 Å². The molecule has 1 aliphatic heterocycles. The van der Waals surface area contributed by atoms with Crippen LogP contribution in [0.25, 0.3) is 0 Å². The molecule has 1 atom stereocenters. The highest BCUT2D eigenvalue weighted by Gasteiger charge is 2.25. The lowest BCUT2D eigenvalue weighted by Gasteiger charge is -2.40. The number of nitrogens with one attached hydrogen (secondary N) is 1. The first-order valence-corrected chi connectivity index (χ1v) is 11.2. The van der Waals surface area contributed by atoms with Gasteiger partial charge in [-0.05, 0) is 36.2 Å². The number of amides is 1. The molecule has 1 aliphatic rings. The van der Waals surface area contributed by atoms with Crippen LogP contribution in [0.3, 0.4) is 0 Å². The van der Waals surface area contributed by atoms with Gasteiger partial charge in [0.25, 0.3) is 0 Å². The molecule has 1 amide bonds. The van der Waals surface area contributed by atoms with Gasteiger partial charge in [0.05, 0.1) is 6.04 Å². The lowest BCUT2D eigenvalue weighted by molar-refractivity contribution is -0.121. The highest BCUT2D eigenvalue weighted by molar-refractivity contribution is 5.75. The highest BCUT2D eigenvalue weighted by Crippen LogP contribution is 2.25. The Hall–Kier alpha value is -2.53. The molecule has 2 aromatic carbocycles. The number of anilines is 2. The van der Waals surface area contributed by atoms with Gasteiger partial charge in [-0.1, -0.05) is 43.7 Å². The molecule has 1 saturated heterocycles. The van der Waals surface area contributed by atoms with Crippen LogP contribution < -0.4 is 15.1 Å². The number of nitrogens with zero attached hydrogens (tertiary/aromatic N) is 3. The fourth-order valence-electron chi connectivity index (χ4n) is 4.02.